The molecule has 0 saturated heterocycles. The first-order chi connectivity index (χ1) is 7.04. The monoisotopic (exact) mass is 249 g/mol. The van der Waals surface area contributed by atoms with E-state index in [2.05, 4.69) is 12.2 Å². The van der Waals surface area contributed by atoms with Crippen LogP contribution in [0.2, 0.25) is 0 Å². The lowest BCUT2D eigenvalue weighted by molar-refractivity contribution is -0.126. The van der Waals surface area contributed by atoms with Crippen LogP contribution < -0.4 is 16.8 Å². The van der Waals surface area contributed by atoms with Crippen LogP contribution in [0.3, 0.4) is 0 Å². The molecule has 0 aliphatic heterocycles. The second kappa shape index (κ2) is 6.70. The second-order valence-corrected chi connectivity index (χ2v) is 4.18. The van der Waals surface area contributed by atoms with E-state index in [1.807, 2.05) is 0 Å². The molecule has 0 radical (unpaired) electrons. The van der Waals surface area contributed by atoms with Gasteiger partial charge in [0.15, 0.2) is 0 Å². The Morgan fingerprint density at radius 3 is 2.62 bits per heavy atom. The van der Waals surface area contributed by atoms with Crippen molar-refractivity contribution < 1.29 is 9.59 Å². The average molecular weight is 250 g/mol. The summed E-state index contributed by atoms with van der Waals surface area (Å²) in [5, 5.41) is 2.82. The Morgan fingerprint density at radius 1 is 1.50 bits per heavy atom. The number of halogens is 1. The molecule has 5 nitrogen and oxygen atoms in total. The highest BCUT2D eigenvalue weighted by Gasteiger charge is 2.37. The van der Waals surface area contributed by atoms with E-state index in [0.29, 0.717) is 5.92 Å². The molecule has 3 atom stereocenters. The standard InChI is InChI=1S/C10H19N3O2.ClH/c1-2-3-6-4-8(6)13-10(15)7(11)5-9(12)14;/h6-8H,2-5,11H2,1H3,(H2,12,14)(H,13,15);1H. The SMILES string of the molecule is CCCC1CC1NC(=O)C(N)CC(N)=O.Cl. The minimum absolute atomic E-state index is 0. The van der Waals surface area contributed by atoms with E-state index in [9.17, 15) is 9.59 Å². The van der Waals surface area contributed by atoms with Gasteiger partial charge in [0.2, 0.25) is 11.8 Å². The third-order valence-electron chi connectivity index (χ3n) is 2.67. The fraction of sp³-hybridized carbons (Fsp3) is 0.800. The molecule has 2 amide bonds. The van der Waals surface area contributed by atoms with Crippen molar-refractivity contribution in [3.05, 3.63) is 0 Å². The molecule has 94 valence electrons. The number of primary amides is 1. The van der Waals surface area contributed by atoms with Crippen LogP contribution in [-0.2, 0) is 9.59 Å². The van der Waals surface area contributed by atoms with Crippen LogP contribution in [0.25, 0.3) is 0 Å². The molecule has 1 saturated carbocycles. The average Bonchev–Trinajstić information content (AvgIpc) is 2.83. The lowest BCUT2D eigenvalue weighted by atomic mass is 10.2. The van der Waals surface area contributed by atoms with E-state index >= 15 is 0 Å². The Hall–Kier alpha value is -0.810. The predicted molar refractivity (Wildman–Crippen MR) is 64.0 cm³/mol. The summed E-state index contributed by atoms with van der Waals surface area (Å²) in [7, 11) is 0. The summed E-state index contributed by atoms with van der Waals surface area (Å²) in [4.78, 5) is 22.0. The third-order valence-corrected chi connectivity index (χ3v) is 2.67. The largest absolute Gasteiger partial charge is 0.370 e. The van der Waals surface area contributed by atoms with Gasteiger partial charge in [0.1, 0.15) is 0 Å². The zero-order valence-electron chi connectivity index (χ0n) is 9.44. The Kier molecular flexibility index (Phi) is 6.36. The van der Waals surface area contributed by atoms with Gasteiger partial charge in [0, 0.05) is 6.04 Å². The number of hydrogen-bond donors (Lipinski definition) is 3. The Bertz CT molecular complexity index is 260. The first kappa shape index (κ1) is 15.2. The first-order valence-corrected chi connectivity index (χ1v) is 5.38. The number of carbonyl (C=O) groups is 2. The van der Waals surface area contributed by atoms with Crippen molar-refractivity contribution in [3.63, 3.8) is 0 Å². The highest BCUT2D eigenvalue weighted by atomic mass is 35.5. The molecule has 0 aromatic carbocycles. The summed E-state index contributed by atoms with van der Waals surface area (Å²) < 4.78 is 0. The lowest BCUT2D eigenvalue weighted by Crippen LogP contribution is -2.44. The molecule has 5 N–H and O–H groups in total. The molecule has 1 aliphatic rings. The zero-order chi connectivity index (χ0) is 11.4. The van der Waals surface area contributed by atoms with Crippen molar-refractivity contribution in [2.45, 2.75) is 44.7 Å². The molecule has 3 unspecified atom stereocenters. The molecular formula is C10H20ClN3O2. The van der Waals surface area contributed by atoms with Crippen LogP contribution in [0.15, 0.2) is 0 Å². The summed E-state index contributed by atoms with van der Waals surface area (Å²) >= 11 is 0. The number of amides is 2. The van der Waals surface area contributed by atoms with Crippen molar-refractivity contribution in [2.75, 3.05) is 0 Å². The van der Waals surface area contributed by atoms with Crippen molar-refractivity contribution in [1.82, 2.24) is 5.32 Å². The molecule has 0 aromatic heterocycles. The Balaban J connectivity index is 0.00000225. The minimum Gasteiger partial charge on any atom is -0.370 e. The minimum atomic E-state index is -0.801. The van der Waals surface area contributed by atoms with Crippen LogP contribution in [0.4, 0.5) is 0 Å². The summed E-state index contributed by atoms with van der Waals surface area (Å²) in [5.41, 5.74) is 10.5. The van der Waals surface area contributed by atoms with Crippen molar-refractivity contribution >= 4 is 24.2 Å². The molecule has 0 heterocycles. The van der Waals surface area contributed by atoms with Gasteiger partial charge in [-0.05, 0) is 18.8 Å². The lowest BCUT2D eigenvalue weighted by Gasteiger charge is -2.10. The normalized spacial score (nSPS) is 24.1. The van der Waals surface area contributed by atoms with Gasteiger partial charge >= 0.3 is 0 Å². The molecule has 0 aromatic rings. The fourth-order valence-corrected chi connectivity index (χ4v) is 1.71. The van der Waals surface area contributed by atoms with Crippen molar-refractivity contribution in [2.24, 2.45) is 17.4 Å². The van der Waals surface area contributed by atoms with Crippen LogP contribution in [0.1, 0.15) is 32.6 Å². The maximum absolute atomic E-state index is 11.4. The number of nitrogens with one attached hydrogen (secondary N) is 1. The number of carbonyl (C=O) groups excluding carboxylic acids is 2. The van der Waals surface area contributed by atoms with Crippen molar-refractivity contribution in [1.29, 1.82) is 0 Å². The molecule has 6 heteroatoms. The van der Waals surface area contributed by atoms with Gasteiger partial charge in [0.25, 0.3) is 0 Å². The number of hydrogen-bond acceptors (Lipinski definition) is 3. The zero-order valence-corrected chi connectivity index (χ0v) is 10.3. The predicted octanol–water partition coefficient (Wildman–Crippen LogP) is -0.0843. The fourth-order valence-electron chi connectivity index (χ4n) is 1.71. The Labute approximate surface area is 102 Å². The van der Waals surface area contributed by atoms with Gasteiger partial charge in [-0.25, -0.2) is 0 Å². The van der Waals surface area contributed by atoms with E-state index in [0.717, 1.165) is 19.3 Å². The van der Waals surface area contributed by atoms with Gasteiger partial charge in [-0.3, -0.25) is 9.59 Å². The molecule has 0 bridgehead atoms. The third kappa shape index (κ3) is 4.81. The van der Waals surface area contributed by atoms with Crippen LogP contribution in [0, 0.1) is 5.92 Å². The summed E-state index contributed by atoms with van der Waals surface area (Å²) in [5.74, 6) is -0.212. The summed E-state index contributed by atoms with van der Waals surface area (Å²) in [6, 6.07) is -0.540. The molecule has 1 fully saturated rings. The van der Waals surface area contributed by atoms with E-state index in [1.165, 1.54) is 0 Å². The van der Waals surface area contributed by atoms with E-state index in [-0.39, 0.29) is 30.8 Å². The van der Waals surface area contributed by atoms with Crippen LogP contribution in [0.5, 0.6) is 0 Å². The smallest absolute Gasteiger partial charge is 0.237 e. The molecule has 0 spiro atoms. The molecule has 1 aliphatic carbocycles. The summed E-state index contributed by atoms with van der Waals surface area (Å²) in [6.45, 7) is 2.12. The maximum Gasteiger partial charge on any atom is 0.237 e. The van der Waals surface area contributed by atoms with Crippen molar-refractivity contribution in [3.8, 4) is 0 Å². The van der Waals surface area contributed by atoms with Crippen LogP contribution >= 0.6 is 12.4 Å². The maximum atomic E-state index is 11.4. The van der Waals surface area contributed by atoms with Gasteiger partial charge in [-0.1, -0.05) is 13.3 Å². The number of rotatable bonds is 6. The number of nitrogens with two attached hydrogens (primary N) is 2. The van der Waals surface area contributed by atoms with E-state index in [1.54, 1.807) is 0 Å². The van der Waals surface area contributed by atoms with Crippen LogP contribution in [-0.4, -0.2) is 23.9 Å². The topological polar surface area (TPSA) is 98.2 Å². The highest BCUT2D eigenvalue weighted by Crippen LogP contribution is 2.34. The van der Waals surface area contributed by atoms with Gasteiger partial charge < -0.3 is 16.8 Å². The summed E-state index contributed by atoms with van der Waals surface area (Å²) in [6.07, 6.45) is 3.21. The quantitative estimate of drug-likeness (QED) is 0.614. The molecule has 1 rings (SSSR count). The highest BCUT2D eigenvalue weighted by molar-refractivity contribution is 5.87. The van der Waals surface area contributed by atoms with E-state index in [4.69, 9.17) is 11.5 Å². The Morgan fingerprint density at radius 2 is 2.12 bits per heavy atom. The molecular weight excluding hydrogens is 230 g/mol. The first-order valence-electron chi connectivity index (χ1n) is 5.38. The second-order valence-electron chi connectivity index (χ2n) is 4.18. The van der Waals surface area contributed by atoms with Gasteiger partial charge in [-0.15, -0.1) is 12.4 Å². The molecule has 16 heavy (non-hydrogen) atoms. The van der Waals surface area contributed by atoms with Gasteiger partial charge in [-0.2, -0.15) is 0 Å². The van der Waals surface area contributed by atoms with E-state index < -0.39 is 11.9 Å². The van der Waals surface area contributed by atoms with Gasteiger partial charge in [0.05, 0.1) is 12.5 Å².